The van der Waals surface area contributed by atoms with Crippen molar-refractivity contribution >= 4 is 41.6 Å². The molecule has 1 saturated heterocycles. The Bertz CT molecular complexity index is 1120. The summed E-state index contributed by atoms with van der Waals surface area (Å²) in [5.74, 6) is -1.42. The van der Waals surface area contributed by atoms with E-state index in [1.165, 1.54) is 37.5 Å². The van der Waals surface area contributed by atoms with Crippen LogP contribution in [0, 0.1) is 0 Å². The van der Waals surface area contributed by atoms with Crippen LogP contribution in [0.25, 0.3) is 6.08 Å². The van der Waals surface area contributed by atoms with Crippen LogP contribution in [-0.4, -0.2) is 48.6 Å². The minimum atomic E-state index is -0.676. The Hall–Kier alpha value is -3.79. The highest BCUT2D eigenvalue weighted by atomic mass is 35.5. The molecule has 1 fully saturated rings. The molecule has 0 atom stereocenters. The van der Waals surface area contributed by atoms with E-state index in [1.54, 1.807) is 19.9 Å². The van der Waals surface area contributed by atoms with Crippen molar-refractivity contribution in [3.8, 4) is 5.75 Å². The van der Waals surface area contributed by atoms with Crippen molar-refractivity contribution < 1.29 is 37.8 Å². The lowest BCUT2D eigenvalue weighted by molar-refractivity contribution is -0.149. The van der Waals surface area contributed by atoms with Crippen LogP contribution in [0.5, 0.6) is 5.75 Å². The average Bonchev–Trinajstić information content (AvgIpc) is 3.33. The number of benzene rings is 1. The number of carbonyl (C=O) groups excluding carboxylic acids is 4. The molecular formula is C22H21ClN2O8. The highest BCUT2D eigenvalue weighted by Gasteiger charge is 2.34. The zero-order valence-corrected chi connectivity index (χ0v) is 18.8. The van der Waals surface area contributed by atoms with Gasteiger partial charge in [0.05, 0.1) is 19.8 Å². The zero-order chi connectivity index (χ0) is 24.1. The molecule has 1 N–H and O–H groups in total. The molecular weight excluding hydrogens is 456 g/mol. The van der Waals surface area contributed by atoms with Crippen molar-refractivity contribution in [2.75, 3.05) is 13.7 Å². The lowest BCUT2D eigenvalue weighted by atomic mass is 10.1. The molecule has 1 aliphatic heterocycles. The second kappa shape index (κ2) is 10.2. The van der Waals surface area contributed by atoms with Gasteiger partial charge in [-0.25, -0.2) is 14.4 Å². The smallest absolute Gasteiger partial charge is 0.373 e. The molecule has 11 heteroatoms. The first-order valence-corrected chi connectivity index (χ1v) is 10.2. The van der Waals surface area contributed by atoms with Crippen LogP contribution in [0.3, 0.4) is 0 Å². The van der Waals surface area contributed by atoms with Crippen molar-refractivity contribution in [1.82, 2.24) is 10.2 Å². The normalized spacial score (nSPS) is 14.6. The molecule has 1 aliphatic rings. The molecule has 0 radical (unpaired) electrons. The van der Waals surface area contributed by atoms with Crippen molar-refractivity contribution in [2.24, 2.45) is 0 Å². The van der Waals surface area contributed by atoms with Gasteiger partial charge in [0.1, 0.15) is 17.2 Å². The molecule has 0 saturated carbocycles. The van der Waals surface area contributed by atoms with Gasteiger partial charge in [-0.1, -0.05) is 11.6 Å². The van der Waals surface area contributed by atoms with Gasteiger partial charge in [0.2, 0.25) is 5.76 Å². The van der Waals surface area contributed by atoms with Crippen LogP contribution in [-0.2, 0) is 25.6 Å². The maximum atomic E-state index is 12.8. The third-order valence-electron chi connectivity index (χ3n) is 4.31. The molecule has 33 heavy (non-hydrogen) atoms. The quantitative estimate of drug-likeness (QED) is 0.350. The van der Waals surface area contributed by atoms with Crippen molar-refractivity contribution in [3.63, 3.8) is 0 Å². The first kappa shape index (κ1) is 23.9. The number of amides is 3. The van der Waals surface area contributed by atoms with Crippen LogP contribution in [0.4, 0.5) is 4.79 Å². The Labute approximate surface area is 194 Å². The average molecular weight is 477 g/mol. The van der Waals surface area contributed by atoms with Gasteiger partial charge in [0.15, 0.2) is 6.61 Å². The van der Waals surface area contributed by atoms with Crippen LogP contribution in [0.1, 0.15) is 35.7 Å². The van der Waals surface area contributed by atoms with Gasteiger partial charge in [-0.2, -0.15) is 0 Å². The molecule has 3 rings (SSSR count). The first-order chi connectivity index (χ1) is 15.7. The van der Waals surface area contributed by atoms with E-state index in [0.29, 0.717) is 10.6 Å². The minimum Gasteiger partial charge on any atom is -0.481 e. The number of hydrogen-bond acceptors (Lipinski definition) is 8. The van der Waals surface area contributed by atoms with Gasteiger partial charge in [-0.15, -0.1) is 0 Å². The van der Waals surface area contributed by atoms with Crippen molar-refractivity contribution in [3.05, 3.63) is 58.1 Å². The topological polar surface area (TPSA) is 124 Å². The Morgan fingerprint density at radius 2 is 1.97 bits per heavy atom. The summed E-state index contributed by atoms with van der Waals surface area (Å²) in [5, 5.41) is 2.84. The van der Waals surface area contributed by atoms with Gasteiger partial charge in [0.25, 0.3) is 5.91 Å². The minimum absolute atomic E-state index is 0.0309. The summed E-state index contributed by atoms with van der Waals surface area (Å²) in [4.78, 5) is 49.4. The van der Waals surface area contributed by atoms with E-state index in [1.807, 2.05) is 0 Å². The largest absolute Gasteiger partial charge is 0.481 e. The molecule has 10 nitrogen and oxygen atoms in total. The number of methoxy groups -OCH3 is 1. The molecule has 3 amide bonds. The molecule has 1 aromatic carbocycles. The Morgan fingerprint density at radius 3 is 2.67 bits per heavy atom. The molecule has 2 heterocycles. The number of carbonyl (C=O) groups is 4. The van der Waals surface area contributed by atoms with E-state index in [9.17, 15) is 19.2 Å². The van der Waals surface area contributed by atoms with Crippen molar-refractivity contribution in [2.45, 2.75) is 26.5 Å². The van der Waals surface area contributed by atoms with Gasteiger partial charge in [0, 0.05) is 10.6 Å². The van der Waals surface area contributed by atoms with Gasteiger partial charge in [-0.05, 0) is 50.3 Å². The third kappa shape index (κ3) is 5.92. The Balaban J connectivity index is 1.77. The summed E-state index contributed by atoms with van der Waals surface area (Å²) < 4.78 is 20.4. The second-order valence-electron chi connectivity index (χ2n) is 7.15. The van der Waals surface area contributed by atoms with Gasteiger partial charge >= 0.3 is 18.0 Å². The monoisotopic (exact) mass is 476 g/mol. The summed E-state index contributed by atoms with van der Waals surface area (Å²) >= 11 is 6.07. The summed E-state index contributed by atoms with van der Waals surface area (Å²) in [7, 11) is 1.21. The molecule has 1 aromatic heterocycles. The highest BCUT2D eigenvalue weighted by Crippen LogP contribution is 2.27. The fourth-order valence-corrected chi connectivity index (χ4v) is 3.08. The molecule has 0 bridgehead atoms. The van der Waals surface area contributed by atoms with E-state index in [0.717, 1.165) is 4.90 Å². The fourth-order valence-electron chi connectivity index (χ4n) is 2.90. The highest BCUT2D eigenvalue weighted by molar-refractivity contribution is 6.30. The van der Waals surface area contributed by atoms with Crippen LogP contribution < -0.4 is 10.1 Å². The summed E-state index contributed by atoms with van der Waals surface area (Å²) in [6.45, 7) is 2.90. The van der Waals surface area contributed by atoms with Crippen LogP contribution >= 0.6 is 11.6 Å². The van der Waals surface area contributed by atoms with E-state index in [4.69, 9.17) is 25.5 Å². The number of esters is 2. The predicted molar refractivity (Wildman–Crippen MR) is 115 cm³/mol. The van der Waals surface area contributed by atoms with E-state index >= 15 is 0 Å². The number of urea groups is 1. The maximum Gasteiger partial charge on any atom is 0.373 e. The lowest BCUT2D eigenvalue weighted by Gasteiger charge is -2.12. The molecule has 0 unspecified atom stereocenters. The number of rotatable bonds is 8. The van der Waals surface area contributed by atoms with E-state index < -0.39 is 23.9 Å². The van der Waals surface area contributed by atoms with E-state index in [-0.39, 0.29) is 42.2 Å². The number of ether oxygens (including phenoxy) is 3. The molecule has 2 aromatic rings. The number of nitrogens with zero attached hydrogens (tertiary/aromatic N) is 1. The fraction of sp³-hybridized carbons (Fsp3) is 0.273. The lowest BCUT2D eigenvalue weighted by Crippen LogP contribution is -2.30. The number of imide groups is 1. The Kier molecular flexibility index (Phi) is 7.39. The van der Waals surface area contributed by atoms with Crippen LogP contribution in [0.15, 0.2) is 40.4 Å². The van der Waals surface area contributed by atoms with Crippen LogP contribution in [0.2, 0.25) is 5.02 Å². The van der Waals surface area contributed by atoms with Gasteiger partial charge < -0.3 is 23.9 Å². The molecule has 174 valence electrons. The third-order valence-corrected chi connectivity index (χ3v) is 4.54. The van der Waals surface area contributed by atoms with Gasteiger partial charge in [-0.3, -0.25) is 9.69 Å². The summed E-state index contributed by atoms with van der Waals surface area (Å²) in [6.07, 6.45) is 1.10. The summed E-state index contributed by atoms with van der Waals surface area (Å²) in [5.41, 5.74) is 0.341. The molecule has 0 aliphatic carbocycles. The first-order valence-electron chi connectivity index (χ1n) is 9.81. The predicted octanol–water partition coefficient (Wildman–Crippen LogP) is 3.14. The standard InChI is InChI=1S/C22H21ClN2O8/c1-12(2)32-19(26)11-31-17-6-4-14(23)8-13(17)9-16-20(27)25(22(29)24-16)10-15-5-7-18(33-15)21(28)30-3/h4-9,12H,10-11H2,1-3H3,(H,24,29). The SMILES string of the molecule is COC(=O)c1ccc(CN2C(=O)NC(=Cc3cc(Cl)ccc3OCC(=O)OC(C)C)C2=O)o1. The number of furan rings is 1. The number of hydrogen-bond donors (Lipinski definition) is 1. The maximum absolute atomic E-state index is 12.8. The molecule has 0 spiro atoms. The van der Waals surface area contributed by atoms with Crippen molar-refractivity contribution in [1.29, 1.82) is 0 Å². The number of halogens is 1. The zero-order valence-electron chi connectivity index (χ0n) is 18.0. The second-order valence-corrected chi connectivity index (χ2v) is 7.58. The Morgan fingerprint density at radius 1 is 1.21 bits per heavy atom. The van der Waals surface area contributed by atoms with E-state index in [2.05, 4.69) is 10.1 Å². The summed E-state index contributed by atoms with van der Waals surface area (Å²) in [6, 6.07) is 6.79. The number of nitrogens with one attached hydrogen (secondary N) is 1.